The lowest BCUT2D eigenvalue weighted by Crippen LogP contribution is -2.30. The lowest BCUT2D eigenvalue weighted by atomic mass is 9.97. The molecule has 1 aromatic carbocycles. The zero-order valence-corrected chi connectivity index (χ0v) is 17.1. The molecule has 1 aliphatic carbocycles. The molecular weight excluding hydrogens is 420 g/mol. The minimum atomic E-state index is -2.60. The molecule has 3 heterocycles. The van der Waals surface area contributed by atoms with E-state index in [9.17, 15) is 19.0 Å². The van der Waals surface area contributed by atoms with E-state index in [1.165, 1.54) is 18.5 Å². The number of nitrogens with zero attached hydrogens (tertiary/aromatic N) is 3. The fourth-order valence-electron chi connectivity index (χ4n) is 4.43. The van der Waals surface area contributed by atoms with Crippen molar-refractivity contribution in [1.82, 2.24) is 19.9 Å². The number of aliphatic hydroxyl groups excluding tert-OH is 2. The number of halogens is 2. The van der Waals surface area contributed by atoms with E-state index in [2.05, 4.69) is 15.3 Å². The maximum absolute atomic E-state index is 13.4. The van der Waals surface area contributed by atoms with E-state index in [0.29, 0.717) is 41.1 Å². The average molecular weight is 443 g/mol. The Morgan fingerprint density at radius 2 is 2.12 bits per heavy atom. The zero-order chi connectivity index (χ0) is 22.4. The summed E-state index contributed by atoms with van der Waals surface area (Å²) in [5.74, 6) is 0.689. The van der Waals surface area contributed by atoms with E-state index in [0.717, 1.165) is 17.7 Å². The number of ether oxygens (including phenoxy) is 1. The Kier molecular flexibility index (Phi) is 5.28. The van der Waals surface area contributed by atoms with Crippen molar-refractivity contribution in [3.63, 3.8) is 0 Å². The lowest BCUT2D eigenvalue weighted by Gasteiger charge is -2.23. The monoisotopic (exact) mass is 443 g/mol. The summed E-state index contributed by atoms with van der Waals surface area (Å²) in [5.41, 5.74) is 8.49. The maximum atomic E-state index is 13.4. The normalized spacial score (nSPS) is 22.9. The summed E-state index contributed by atoms with van der Waals surface area (Å²) in [4.78, 5) is 8.20. The molecule has 168 valence electrons. The number of nitrogens with two attached hydrogens (primary N) is 1. The Bertz CT molecular complexity index is 1200. The molecule has 1 aliphatic heterocycles. The number of benzene rings is 1. The summed E-state index contributed by atoms with van der Waals surface area (Å²) in [5, 5.41) is 25.2. The van der Waals surface area contributed by atoms with Gasteiger partial charge in [-0.1, -0.05) is 6.08 Å². The smallest absolute Gasteiger partial charge is 0.263 e. The Morgan fingerprint density at radius 3 is 2.94 bits per heavy atom. The molecule has 2 unspecified atom stereocenters. The second-order valence-electron chi connectivity index (χ2n) is 8.06. The first kappa shape index (κ1) is 20.8. The highest BCUT2D eigenvalue weighted by Crippen LogP contribution is 2.35. The zero-order valence-electron chi connectivity index (χ0n) is 17.1. The van der Waals surface area contributed by atoms with Crippen LogP contribution in [0.15, 0.2) is 42.4 Å². The highest BCUT2D eigenvalue weighted by atomic mass is 19.3. The van der Waals surface area contributed by atoms with E-state index < -0.39 is 24.7 Å². The SMILES string of the molecule is Nc1ncnc2c1ccn2C1C=C(COc2cc(C(F)F)cc3c2CNCC3)C(O)[C@@H]1O. The van der Waals surface area contributed by atoms with Crippen molar-refractivity contribution in [3.8, 4) is 5.75 Å². The quantitative estimate of drug-likeness (QED) is 0.445. The van der Waals surface area contributed by atoms with Gasteiger partial charge in [0.15, 0.2) is 0 Å². The number of hydrogen-bond donors (Lipinski definition) is 4. The second kappa shape index (κ2) is 8.12. The van der Waals surface area contributed by atoms with Gasteiger partial charge in [-0.15, -0.1) is 0 Å². The van der Waals surface area contributed by atoms with E-state index in [-0.39, 0.29) is 12.2 Å². The number of aromatic nitrogens is 3. The van der Waals surface area contributed by atoms with Gasteiger partial charge in [0.05, 0.1) is 11.4 Å². The molecule has 3 atom stereocenters. The molecule has 0 fully saturated rings. The molecule has 10 heteroatoms. The van der Waals surface area contributed by atoms with Crippen LogP contribution in [-0.4, -0.2) is 50.1 Å². The van der Waals surface area contributed by atoms with Crippen LogP contribution in [0.2, 0.25) is 0 Å². The number of fused-ring (bicyclic) bond motifs is 2. The van der Waals surface area contributed by atoms with Gasteiger partial charge in [-0.05, 0) is 42.3 Å². The van der Waals surface area contributed by atoms with Gasteiger partial charge in [0.2, 0.25) is 0 Å². The number of anilines is 1. The third-order valence-electron chi connectivity index (χ3n) is 6.14. The Balaban J connectivity index is 1.42. The van der Waals surface area contributed by atoms with Crippen molar-refractivity contribution in [2.45, 2.75) is 37.6 Å². The van der Waals surface area contributed by atoms with Gasteiger partial charge in [-0.3, -0.25) is 0 Å². The molecule has 0 saturated heterocycles. The van der Waals surface area contributed by atoms with Crippen molar-refractivity contribution in [3.05, 3.63) is 59.1 Å². The first-order chi connectivity index (χ1) is 15.4. The molecule has 5 N–H and O–H groups in total. The maximum Gasteiger partial charge on any atom is 0.263 e. The summed E-state index contributed by atoms with van der Waals surface area (Å²) in [6.07, 6.45) is 0.542. The van der Waals surface area contributed by atoms with Crippen molar-refractivity contribution in [2.24, 2.45) is 0 Å². The highest BCUT2D eigenvalue weighted by Gasteiger charge is 2.36. The van der Waals surface area contributed by atoms with Gasteiger partial charge in [0, 0.05) is 23.9 Å². The number of aliphatic hydroxyl groups is 2. The van der Waals surface area contributed by atoms with Crippen LogP contribution in [0.3, 0.4) is 0 Å². The van der Waals surface area contributed by atoms with Crippen LogP contribution in [0.5, 0.6) is 5.75 Å². The molecule has 0 amide bonds. The Labute approximate surface area is 182 Å². The summed E-state index contributed by atoms with van der Waals surface area (Å²) >= 11 is 0. The molecule has 2 aliphatic rings. The average Bonchev–Trinajstić information content (AvgIpc) is 3.34. The summed E-state index contributed by atoms with van der Waals surface area (Å²) < 4.78 is 34.3. The number of nitrogens with one attached hydrogen (secondary N) is 1. The van der Waals surface area contributed by atoms with E-state index in [4.69, 9.17) is 10.5 Å². The first-order valence-electron chi connectivity index (χ1n) is 10.3. The van der Waals surface area contributed by atoms with Gasteiger partial charge in [0.1, 0.15) is 42.4 Å². The third kappa shape index (κ3) is 3.50. The van der Waals surface area contributed by atoms with Crippen LogP contribution < -0.4 is 15.8 Å². The van der Waals surface area contributed by atoms with Crippen molar-refractivity contribution in [1.29, 1.82) is 0 Å². The van der Waals surface area contributed by atoms with Gasteiger partial charge in [-0.25, -0.2) is 18.7 Å². The standard InChI is InChI=1S/C22H23F2N5O3/c23-20(24)12-5-11-1-3-26-8-15(11)17(7-12)32-9-13-6-16(19(31)18(13)30)29-4-2-14-21(25)27-10-28-22(14)29/h2,4-7,10,16,18-20,26,30-31H,1,3,8-9H2,(H2,25,27,28)/t16?,18?,19-/m1/s1. The molecule has 0 spiro atoms. The van der Waals surface area contributed by atoms with Crippen LogP contribution in [0, 0.1) is 0 Å². The van der Waals surface area contributed by atoms with Crippen molar-refractivity contribution in [2.75, 3.05) is 18.9 Å². The molecule has 8 nitrogen and oxygen atoms in total. The van der Waals surface area contributed by atoms with Crippen molar-refractivity contribution < 1.29 is 23.7 Å². The van der Waals surface area contributed by atoms with Crippen LogP contribution in [-0.2, 0) is 13.0 Å². The predicted octanol–water partition coefficient (Wildman–Crippen LogP) is 1.88. The topological polar surface area (TPSA) is 118 Å². The van der Waals surface area contributed by atoms with Gasteiger partial charge in [0.25, 0.3) is 6.43 Å². The van der Waals surface area contributed by atoms with Crippen LogP contribution in [0.4, 0.5) is 14.6 Å². The molecule has 0 saturated carbocycles. The molecular formula is C22H23F2N5O3. The van der Waals surface area contributed by atoms with Gasteiger partial charge >= 0.3 is 0 Å². The summed E-state index contributed by atoms with van der Waals surface area (Å²) in [6, 6.07) is 4.05. The Hall–Kier alpha value is -3.08. The molecule has 5 rings (SSSR count). The summed E-state index contributed by atoms with van der Waals surface area (Å²) in [7, 11) is 0. The molecule has 32 heavy (non-hydrogen) atoms. The molecule has 0 bridgehead atoms. The van der Waals surface area contributed by atoms with Crippen molar-refractivity contribution >= 4 is 16.9 Å². The molecule has 2 aromatic heterocycles. The van der Waals surface area contributed by atoms with Crippen LogP contribution in [0.1, 0.15) is 29.2 Å². The second-order valence-corrected chi connectivity index (χ2v) is 8.06. The minimum Gasteiger partial charge on any atom is -0.489 e. The predicted molar refractivity (Wildman–Crippen MR) is 113 cm³/mol. The van der Waals surface area contributed by atoms with Gasteiger partial charge < -0.3 is 30.6 Å². The van der Waals surface area contributed by atoms with E-state index in [1.807, 2.05) is 0 Å². The fourth-order valence-corrected chi connectivity index (χ4v) is 4.43. The number of alkyl halides is 2. The third-order valence-corrected chi connectivity index (χ3v) is 6.14. The number of nitrogen functional groups attached to an aromatic ring is 1. The number of hydrogen-bond acceptors (Lipinski definition) is 7. The largest absolute Gasteiger partial charge is 0.489 e. The molecule has 3 aromatic rings. The van der Waals surface area contributed by atoms with Gasteiger partial charge in [-0.2, -0.15) is 0 Å². The minimum absolute atomic E-state index is 0.0375. The first-order valence-corrected chi connectivity index (χ1v) is 10.3. The lowest BCUT2D eigenvalue weighted by molar-refractivity contribution is 0.0295. The summed E-state index contributed by atoms with van der Waals surface area (Å²) in [6.45, 7) is 1.21. The fraction of sp³-hybridized carbons (Fsp3) is 0.364. The van der Waals surface area contributed by atoms with E-state index in [1.54, 1.807) is 22.9 Å². The highest BCUT2D eigenvalue weighted by molar-refractivity contribution is 5.86. The van der Waals surface area contributed by atoms with Crippen LogP contribution >= 0.6 is 0 Å². The number of rotatable bonds is 5. The molecule has 0 radical (unpaired) electrons. The van der Waals surface area contributed by atoms with Crippen LogP contribution in [0.25, 0.3) is 11.0 Å². The Morgan fingerprint density at radius 1 is 1.28 bits per heavy atom. The van der Waals surface area contributed by atoms with E-state index >= 15 is 0 Å².